The molecule has 0 unspecified atom stereocenters. The minimum atomic E-state index is -0.384. The lowest BCUT2D eigenvalue weighted by atomic mass is 9.83. The van der Waals surface area contributed by atoms with Crippen molar-refractivity contribution in [3.8, 4) is 0 Å². The summed E-state index contributed by atoms with van der Waals surface area (Å²) in [6, 6.07) is 5.83. The minimum absolute atomic E-state index is 0.0300. The smallest absolute Gasteiger partial charge is 0.246 e. The monoisotopic (exact) mass is 392 g/mol. The molecule has 1 aliphatic rings. The van der Waals surface area contributed by atoms with E-state index >= 15 is 0 Å². The quantitative estimate of drug-likeness (QED) is 0.324. The van der Waals surface area contributed by atoms with Gasteiger partial charge in [-0.2, -0.15) is 0 Å². The molecule has 1 aromatic rings. The lowest BCUT2D eigenvalue weighted by Crippen LogP contribution is -2.43. The second kappa shape index (κ2) is 11.6. The van der Waals surface area contributed by atoms with Crippen molar-refractivity contribution in [2.24, 2.45) is 10.4 Å². The third-order valence-electron chi connectivity index (χ3n) is 5.11. The molecule has 7 heteroatoms. The van der Waals surface area contributed by atoms with Gasteiger partial charge >= 0.3 is 0 Å². The number of rotatable bonds is 10. The van der Waals surface area contributed by atoms with Crippen molar-refractivity contribution in [2.75, 3.05) is 38.2 Å². The van der Waals surface area contributed by atoms with E-state index in [1.807, 2.05) is 13.8 Å². The zero-order valence-corrected chi connectivity index (χ0v) is 17.0. The van der Waals surface area contributed by atoms with Crippen LogP contribution in [-0.4, -0.2) is 44.7 Å². The Hall–Kier alpha value is -2.15. The summed E-state index contributed by atoms with van der Waals surface area (Å²) in [6.45, 7) is 7.03. The summed E-state index contributed by atoms with van der Waals surface area (Å²) in [4.78, 5) is 16.5. The Morgan fingerprint density at radius 2 is 2.04 bits per heavy atom. The SMILES string of the molecule is CCNC(=NCC(=O)Nc1cccc(F)c1)NCC1(CCOCC)CCCC1. The van der Waals surface area contributed by atoms with Crippen LogP contribution in [0.3, 0.4) is 0 Å². The summed E-state index contributed by atoms with van der Waals surface area (Å²) in [5, 5.41) is 9.25. The molecule has 0 saturated heterocycles. The molecule has 2 rings (SSSR count). The van der Waals surface area contributed by atoms with Gasteiger partial charge in [0.25, 0.3) is 0 Å². The molecule has 0 radical (unpaired) electrons. The first-order valence-electron chi connectivity index (χ1n) is 10.2. The maximum absolute atomic E-state index is 13.2. The van der Waals surface area contributed by atoms with Crippen LogP contribution in [0.15, 0.2) is 29.3 Å². The number of halogens is 1. The molecular formula is C21H33FN4O2. The van der Waals surface area contributed by atoms with E-state index in [0.29, 0.717) is 18.2 Å². The molecule has 0 spiro atoms. The summed E-state index contributed by atoms with van der Waals surface area (Å²) < 4.78 is 18.8. The van der Waals surface area contributed by atoms with Crippen LogP contribution in [0.25, 0.3) is 0 Å². The Morgan fingerprint density at radius 1 is 1.25 bits per heavy atom. The number of anilines is 1. The van der Waals surface area contributed by atoms with Gasteiger partial charge in [-0.3, -0.25) is 4.79 Å². The first-order valence-corrected chi connectivity index (χ1v) is 10.2. The fraction of sp³-hybridized carbons (Fsp3) is 0.619. The van der Waals surface area contributed by atoms with E-state index in [9.17, 15) is 9.18 Å². The maximum atomic E-state index is 13.2. The fourth-order valence-electron chi connectivity index (χ4n) is 3.60. The van der Waals surface area contributed by atoms with Crippen LogP contribution in [0.1, 0.15) is 46.0 Å². The number of carbonyl (C=O) groups is 1. The Morgan fingerprint density at radius 3 is 2.71 bits per heavy atom. The Balaban J connectivity index is 1.89. The first kappa shape index (κ1) is 22.1. The highest BCUT2D eigenvalue weighted by atomic mass is 19.1. The second-order valence-electron chi connectivity index (χ2n) is 7.26. The molecule has 28 heavy (non-hydrogen) atoms. The number of nitrogens with one attached hydrogen (secondary N) is 3. The third kappa shape index (κ3) is 7.46. The number of aliphatic imine (C=N–C) groups is 1. The molecule has 156 valence electrons. The van der Waals surface area contributed by atoms with Crippen LogP contribution in [0, 0.1) is 11.2 Å². The van der Waals surface area contributed by atoms with Gasteiger partial charge in [0.05, 0.1) is 0 Å². The van der Waals surface area contributed by atoms with Gasteiger partial charge in [-0.05, 0) is 56.7 Å². The predicted octanol–water partition coefficient (Wildman–Crippen LogP) is 3.31. The molecule has 0 atom stereocenters. The lowest BCUT2D eigenvalue weighted by Gasteiger charge is -2.30. The summed E-state index contributed by atoms with van der Waals surface area (Å²) in [6.07, 6.45) is 5.90. The van der Waals surface area contributed by atoms with E-state index in [1.165, 1.54) is 37.8 Å². The summed E-state index contributed by atoms with van der Waals surface area (Å²) in [5.74, 6) is -0.0421. The average molecular weight is 393 g/mol. The number of nitrogens with zero attached hydrogens (tertiary/aromatic N) is 1. The van der Waals surface area contributed by atoms with Crippen LogP contribution >= 0.6 is 0 Å². The number of hydrogen-bond acceptors (Lipinski definition) is 3. The number of guanidine groups is 1. The maximum Gasteiger partial charge on any atom is 0.246 e. The van der Waals surface area contributed by atoms with Crippen molar-refractivity contribution >= 4 is 17.6 Å². The average Bonchev–Trinajstić information content (AvgIpc) is 3.13. The minimum Gasteiger partial charge on any atom is -0.382 e. The van der Waals surface area contributed by atoms with Crippen molar-refractivity contribution < 1.29 is 13.9 Å². The van der Waals surface area contributed by atoms with Crippen molar-refractivity contribution in [1.29, 1.82) is 0 Å². The highest BCUT2D eigenvalue weighted by Gasteiger charge is 2.33. The molecule has 1 fully saturated rings. The first-order chi connectivity index (χ1) is 13.6. The van der Waals surface area contributed by atoms with Crippen LogP contribution in [-0.2, 0) is 9.53 Å². The molecule has 1 aromatic carbocycles. The molecule has 0 aliphatic heterocycles. The molecule has 6 nitrogen and oxygen atoms in total. The highest BCUT2D eigenvalue weighted by molar-refractivity contribution is 5.94. The molecular weight excluding hydrogens is 359 g/mol. The second-order valence-corrected chi connectivity index (χ2v) is 7.26. The number of hydrogen-bond donors (Lipinski definition) is 3. The predicted molar refractivity (Wildman–Crippen MR) is 111 cm³/mol. The van der Waals surface area contributed by atoms with Crippen molar-refractivity contribution in [1.82, 2.24) is 10.6 Å². The molecule has 0 aromatic heterocycles. The summed E-state index contributed by atoms with van der Waals surface area (Å²) in [5.41, 5.74) is 0.661. The lowest BCUT2D eigenvalue weighted by molar-refractivity contribution is -0.114. The van der Waals surface area contributed by atoms with Gasteiger partial charge in [-0.15, -0.1) is 0 Å². The normalized spacial score (nSPS) is 16.0. The molecule has 3 N–H and O–H groups in total. The molecule has 1 aliphatic carbocycles. The zero-order valence-electron chi connectivity index (χ0n) is 17.0. The van der Waals surface area contributed by atoms with Crippen LogP contribution in [0.5, 0.6) is 0 Å². The van der Waals surface area contributed by atoms with Gasteiger partial charge in [0.1, 0.15) is 12.4 Å². The van der Waals surface area contributed by atoms with E-state index in [1.54, 1.807) is 12.1 Å². The number of amides is 1. The van der Waals surface area contributed by atoms with Gasteiger partial charge in [-0.1, -0.05) is 18.9 Å². The van der Waals surface area contributed by atoms with E-state index in [0.717, 1.165) is 26.2 Å². The van der Waals surface area contributed by atoms with Crippen molar-refractivity contribution in [2.45, 2.75) is 46.0 Å². The van der Waals surface area contributed by atoms with Gasteiger partial charge in [0.15, 0.2) is 5.96 Å². The molecule has 0 heterocycles. The number of benzene rings is 1. The Bertz CT molecular complexity index is 645. The van der Waals surface area contributed by atoms with E-state index in [2.05, 4.69) is 20.9 Å². The number of carbonyl (C=O) groups excluding carboxylic acids is 1. The van der Waals surface area contributed by atoms with Gasteiger partial charge < -0.3 is 20.7 Å². The topological polar surface area (TPSA) is 74.8 Å². The van der Waals surface area contributed by atoms with Crippen LogP contribution in [0.4, 0.5) is 10.1 Å². The molecule has 1 amide bonds. The van der Waals surface area contributed by atoms with E-state index < -0.39 is 0 Å². The number of ether oxygens (including phenoxy) is 1. The molecule has 1 saturated carbocycles. The Labute approximate surface area is 167 Å². The van der Waals surface area contributed by atoms with E-state index in [-0.39, 0.29) is 23.7 Å². The van der Waals surface area contributed by atoms with Crippen LogP contribution < -0.4 is 16.0 Å². The van der Waals surface area contributed by atoms with E-state index in [4.69, 9.17) is 4.74 Å². The largest absolute Gasteiger partial charge is 0.382 e. The van der Waals surface area contributed by atoms with Gasteiger partial charge in [0, 0.05) is 32.0 Å². The highest BCUT2D eigenvalue weighted by Crippen LogP contribution is 2.40. The Kier molecular flexibility index (Phi) is 9.20. The van der Waals surface area contributed by atoms with Gasteiger partial charge in [0.2, 0.25) is 5.91 Å². The summed E-state index contributed by atoms with van der Waals surface area (Å²) in [7, 11) is 0. The summed E-state index contributed by atoms with van der Waals surface area (Å²) >= 11 is 0. The van der Waals surface area contributed by atoms with Crippen LogP contribution in [0.2, 0.25) is 0 Å². The van der Waals surface area contributed by atoms with Gasteiger partial charge in [-0.25, -0.2) is 9.38 Å². The third-order valence-corrected chi connectivity index (χ3v) is 5.11. The van der Waals surface area contributed by atoms with Crippen molar-refractivity contribution in [3.63, 3.8) is 0 Å². The fourth-order valence-corrected chi connectivity index (χ4v) is 3.60. The standard InChI is InChI=1S/C21H33FN4O2/c1-3-23-20(24-15-19(27)26-18-9-7-8-17(22)14-18)25-16-21(10-5-6-11-21)12-13-28-4-2/h7-9,14H,3-6,10-13,15-16H2,1-2H3,(H,26,27)(H2,23,24,25). The molecule has 0 bridgehead atoms. The zero-order chi connectivity index (χ0) is 20.2. The van der Waals surface area contributed by atoms with Crippen molar-refractivity contribution in [3.05, 3.63) is 30.1 Å².